The number of nitrogens with zero attached hydrogens (tertiary/aromatic N) is 3. The van der Waals surface area contributed by atoms with Crippen LogP contribution in [0.15, 0.2) is 12.4 Å². The van der Waals surface area contributed by atoms with Crippen LogP contribution in [0.1, 0.15) is 56.3 Å². The van der Waals surface area contributed by atoms with E-state index in [1.54, 1.807) is 17.1 Å². The lowest BCUT2D eigenvalue weighted by Gasteiger charge is -2.49. The predicted molar refractivity (Wildman–Crippen MR) is 86.2 cm³/mol. The van der Waals surface area contributed by atoms with E-state index in [2.05, 4.69) is 5.10 Å². The average Bonchev–Trinajstić information content (AvgIpc) is 3.04. The quantitative estimate of drug-likeness (QED) is 0.922. The number of carbonyl (C=O) groups is 1. The van der Waals surface area contributed by atoms with Crippen LogP contribution in [-0.4, -0.2) is 56.6 Å². The minimum absolute atomic E-state index is 0.0427. The van der Waals surface area contributed by atoms with Crippen molar-refractivity contribution < 1.29 is 14.6 Å². The van der Waals surface area contributed by atoms with Gasteiger partial charge in [0.05, 0.1) is 29.6 Å². The van der Waals surface area contributed by atoms with E-state index in [4.69, 9.17) is 4.74 Å². The summed E-state index contributed by atoms with van der Waals surface area (Å²) >= 11 is 0. The van der Waals surface area contributed by atoms with E-state index in [-0.39, 0.29) is 11.5 Å². The largest absolute Gasteiger partial charge is 0.390 e. The second kappa shape index (κ2) is 6.24. The molecule has 1 amide bonds. The Morgan fingerprint density at radius 1 is 1.35 bits per heavy atom. The molecule has 2 aliphatic heterocycles. The van der Waals surface area contributed by atoms with Gasteiger partial charge in [-0.25, -0.2) is 0 Å². The number of likely N-dealkylation sites (tertiary alicyclic amines) is 1. The Morgan fingerprint density at radius 3 is 2.70 bits per heavy atom. The number of aromatic nitrogens is 2. The number of ether oxygens (including phenoxy) is 1. The number of hydrogen-bond donors (Lipinski definition) is 1. The van der Waals surface area contributed by atoms with Crippen molar-refractivity contribution >= 4 is 5.91 Å². The lowest BCUT2D eigenvalue weighted by molar-refractivity contribution is -0.176. The molecule has 0 aromatic carbocycles. The minimum atomic E-state index is -0.604. The number of aryl methyl sites for hydroxylation is 1. The molecule has 3 rings (SSSR count). The van der Waals surface area contributed by atoms with Crippen LogP contribution >= 0.6 is 0 Å². The molecule has 1 atom stereocenters. The van der Waals surface area contributed by atoms with Crippen LogP contribution in [0.4, 0.5) is 0 Å². The Hall–Kier alpha value is -1.40. The Morgan fingerprint density at radius 2 is 2.09 bits per heavy atom. The number of hydrogen-bond acceptors (Lipinski definition) is 4. The van der Waals surface area contributed by atoms with Gasteiger partial charge in [-0.1, -0.05) is 6.92 Å². The molecule has 1 aromatic heterocycles. The molecular weight excluding hydrogens is 294 g/mol. The van der Waals surface area contributed by atoms with Gasteiger partial charge in [0, 0.05) is 32.3 Å². The van der Waals surface area contributed by atoms with E-state index in [1.165, 1.54) is 0 Å². The van der Waals surface area contributed by atoms with Crippen molar-refractivity contribution in [1.82, 2.24) is 14.7 Å². The second-order valence-electron chi connectivity index (χ2n) is 6.91. The molecule has 6 nitrogen and oxygen atoms in total. The van der Waals surface area contributed by atoms with E-state index >= 15 is 0 Å². The first-order valence-electron chi connectivity index (χ1n) is 8.67. The highest BCUT2D eigenvalue weighted by Crippen LogP contribution is 2.41. The van der Waals surface area contributed by atoms with Gasteiger partial charge >= 0.3 is 0 Å². The van der Waals surface area contributed by atoms with Crippen molar-refractivity contribution in [3.63, 3.8) is 0 Å². The van der Waals surface area contributed by atoms with E-state index in [1.807, 2.05) is 18.7 Å². The van der Waals surface area contributed by atoms with Crippen molar-refractivity contribution in [2.24, 2.45) is 0 Å². The molecule has 1 spiro atoms. The van der Waals surface area contributed by atoms with E-state index in [0.29, 0.717) is 38.1 Å². The Bertz CT molecular complexity index is 563. The summed E-state index contributed by atoms with van der Waals surface area (Å²) in [4.78, 5) is 14.4. The Balaban J connectivity index is 1.62. The summed E-state index contributed by atoms with van der Waals surface area (Å²) in [7, 11) is 0. The summed E-state index contributed by atoms with van der Waals surface area (Å²) in [5.41, 5.74) is -0.211. The van der Waals surface area contributed by atoms with Gasteiger partial charge in [-0.05, 0) is 32.6 Å². The van der Waals surface area contributed by atoms with Crippen molar-refractivity contribution in [1.29, 1.82) is 0 Å². The van der Waals surface area contributed by atoms with Gasteiger partial charge in [-0.2, -0.15) is 5.10 Å². The molecule has 2 saturated heterocycles. The number of amides is 1. The van der Waals surface area contributed by atoms with Gasteiger partial charge in [-0.15, -0.1) is 0 Å². The van der Waals surface area contributed by atoms with Crippen LogP contribution in [0, 0.1) is 0 Å². The first-order valence-corrected chi connectivity index (χ1v) is 8.67. The van der Waals surface area contributed by atoms with E-state index < -0.39 is 5.60 Å². The molecule has 128 valence electrons. The third-order valence-electron chi connectivity index (χ3n) is 5.45. The maximum absolute atomic E-state index is 12.6. The number of carbonyl (C=O) groups excluding carboxylic acids is 1. The van der Waals surface area contributed by atoms with E-state index in [0.717, 1.165) is 25.8 Å². The molecule has 0 aliphatic carbocycles. The molecule has 0 radical (unpaired) electrons. The lowest BCUT2D eigenvalue weighted by atomic mass is 9.76. The highest BCUT2D eigenvalue weighted by Gasteiger charge is 2.46. The maximum Gasteiger partial charge on any atom is 0.257 e. The van der Waals surface area contributed by atoms with Crippen LogP contribution in [-0.2, 0) is 11.3 Å². The molecule has 0 saturated carbocycles. The molecule has 1 N–H and O–H groups in total. The second-order valence-corrected chi connectivity index (χ2v) is 6.91. The molecule has 0 bridgehead atoms. The number of aliphatic hydroxyl groups is 1. The third-order valence-corrected chi connectivity index (χ3v) is 5.45. The number of rotatable bonds is 3. The summed E-state index contributed by atoms with van der Waals surface area (Å²) in [6.45, 7) is 6.76. The normalized spacial score (nSPS) is 27.3. The molecular formula is C17H27N3O3. The zero-order valence-corrected chi connectivity index (χ0v) is 14.1. The summed E-state index contributed by atoms with van der Waals surface area (Å²) in [5.74, 6) is 0.0427. The minimum Gasteiger partial charge on any atom is -0.390 e. The van der Waals surface area contributed by atoms with E-state index in [9.17, 15) is 9.90 Å². The number of piperidine rings is 1. The molecule has 2 aliphatic rings. The van der Waals surface area contributed by atoms with Gasteiger partial charge in [-0.3, -0.25) is 9.48 Å². The molecule has 3 heterocycles. The molecule has 1 unspecified atom stereocenters. The maximum atomic E-state index is 12.6. The first kappa shape index (κ1) is 16.5. The van der Waals surface area contributed by atoms with Gasteiger partial charge in [0.1, 0.15) is 0 Å². The van der Waals surface area contributed by atoms with Crippen LogP contribution in [0.25, 0.3) is 0 Å². The van der Waals surface area contributed by atoms with Crippen LogP contribution in [0.5, 0.6) is 0 Å². The van der Waals surface area contributed by atoms with Gasteiger partial charge < -0.3 is 14.7 Å². The fourth-order valence-corrected chi connectivity index (χ4v) is 3.77. The molecule has 23 heavy (non-hydrogen) atoms. The third kappa shape index (κ3) is 3.28. The molecule has 1 aromatic rings. The zero-order chi connectivity index (χ0) is 16.5. The van der Waals surface area contributed by atoms with Gasteiger partial charge in [0.25, 0.3) is 5.91 Å². The molecule has 6 heteroatoms. The van der Waals surface area contributed by atoms with Gasteiger partial charge in [0.2, 0.25) is 0 Å². The topological polar surface area (TPSA) is 67.6 Å². The standard InChI is InChI=1S/C17H27N3O3/c1-3-16(22)7-10-23-17(13-16)5-8-19(9-6-17)15(21)14-11-18-20(4-2)12-14/h11-12,22H,3-10,13H2,1-2H3. The highest BCUT2D eigenvalue weighted by molar-refractivity contribution is 5.93. The van der Waals surface area contributed by atoms with Crippen molar-refractivity contribution in [3.8, 4) is 0 Å². The highest BCUT2D eigenvalue weighted by atomic mass is 16.5. The SMILES string of the molecule is CCn1cc(C(=O)N2CCC3(CC2)CC(O)(CC)CCO3)cn1. The predicted octanol–water partition coefficient (Wildman–Crippen LogP) is 1.83. The van der Waals surface area contributed by atoms with Crippen molar-refractivity contribution in [2.45, 2.75) is 63.7 Å². The fourth-order valence-electron chi connectivity index (χ4n) is 3.77. The van der Waals surface area contributed by atoms with Gasteiger partial charge in [0.15, 0.2) is 0 Å². The molecule has 2 fully saturated rings. The summed E-state index contributed by atoms with van der Waals surface area (Å²) in [5, 5.41) is 14.8. The Kier molecular flexibility index (Phi) is 4.47. The summed E-state index contributed by atoms with van der Waals surface area (Å²) in [6.07, 6.45) is 7.20. The first-order chi connectivity index (χ1) is 11.0. The smallest absolute Gasteiger partial charge is 0.257 e. The summed E-state index contributed by atoms with van der Waals surface area (Å²) < 4.78 is 7.81. The van der Waals surface area contributed by atoms with Crippen LogP contribution < -0.4 is 0 Å². The fraction of sp³-hybridized carbons (Fsp3) is 0.765. The van der Waals surface area contributed by atoms with Crippen molar-refractivity contribution in [2.75, 3.05) is 19.7 Å². The summed E-state index contributed by atoms with van der Waals surface area (Å²) in [6, 6.07) is 0. The Labute approximate surface area is 137 Å². The average molecular weight is 321 g/mol. The van der Waals surface area contributed by atoms with Crippen LogP contribution in [0.3, 0.4) is 0 Å². The lowest BCUT2D eigenvalue weighted by Crippen LogP contribution is -2.55. The van der Waals surface area contributed by atoms with Crippen LogP contribution in [0.2, 0.25) is 0 Å². The van der Waals surface area contributed by atoms with Crippen molar-refractivity contribution in [3.05, 3.63) is 18.0 Å². The zero-order valence-electron chi connectivity index (χ0n) is 14.1. The monoisotopic (exact) mass is 321 g/mol.